The van der Waals surface area contributed by atoms with Crippen LogP contribution < -0.4 is 4.72 Å². The summed E-state index contributed by atoms with van der Waals surface area (Å²) in [5.41, 5.74) is 0. The molecule has 0 unspecified atom stereocenters. The van der Waals surface area contributed by atoms with Crippen LogP contribution in [0.2, 0.25) is 0 Å². The predicted molar refractivity (Wildman–Crippen MR) is 63.7 cm³/mol. The molecule has 0 aromatic carbocycles. The van der Waals surface area contributed by atoms with E-state index in [0.717, 1.165) is 18.8 Å². The first-order chi connectivity index (χ1) is 7.14. The number of hydrogen-bond donors (Lipinski definition) is 1. The van der Waals surface area contributed by atoms with Gasteiger partial charge in [-0.3, -0.25) is 0 Å². The van der Waals surface area contributed by atoms with E-state index >= 15 is 0 Å². The maximum absolute atomic E-state index is 11.4. The van der Waals surface area contributed by atoms with Crippen LogP contribution in [-0.4, -0.2) is 26.6 Å². The third-order valence-corrected chi connectivity index (χ3v) is 4.63. The molecule has 0 heterocycles. The van der Waals surface area contributed by atoms with Gasteiger partial charge in [0.25, 0.3) is 0 Å². The maximum Gasteiger partial charge on any atom is 0.211 e. The zero-order valence-corrected chi connectivity index (χ0v) is 10.6. The van der Waals surface area contributed by atoms with E-state index in [2.05, 4.69) is 4.72 Å². The highest BCUT2D eigenvalue weighted by Gasteiger charge is 2.17. The van der Waals surface area contributed by atoms with Crippen LogP contribution in [0.3, 0.4) is 0 Å². The molecule has 0 aliphatic heterocycles. The van der Waals surface area contributed by atoms with Gasteiger partial charge in [-0.1, -0.05) is 19.3 Å². The van der Waals surface area contributed by atoms with Gasteiger partial charge in [0.15, 0.2) is 0 Å². The number of hydrogen-bond acceptors (Lipinski definition) is 2. The SMILES string of the molecule is O=S(=O)(CCCCCl)NCCC1CCC1. The summed E-state index contributed by atoms with van der Waals surface area (Å²) in [6.07, 6.45) is 6.27. The molecule has 1 N–H and O–H groups in total. The molecule has 0 amide bonds. The van der Waals surface area contributed by atoms with E-state index in [4.69, 9.17) is 11.6 Å². The Morgan fingerprint density at radius 2 is 2.00 bits per heavy atom. The summed E-state index contributed by atoms with van der Waals surface area (Å²) in [5.74, 6) is 1.51. The first-order valence-electron chi connectivity index (χ1n) is 5.67. The maximum atomic E-state index is 11.4. The minimum Gasteiger partial charge on any atom is -0.215 e. The highest BCUT2D eigenvalue weighted by Crippen LogP contribution is 2.28. The Labute approximate surface area is 97.6 Å². The molecular weight excluding hydrogens is 234 g/mol. The first kappa shape index (κ1) is 13.3. The smallest absolute Gasteiger partial charge is 0.211 e. The van der Waals surface area contributed by atoms with Gasteiger partial charge in [-0.15, -0.1) is 11.6 Å². The lowest BCUT2D eigenvalue weighted by molar-refractivity contribution is 0.297. The lowest BCUT2D eigenvalue weighted by atomic mass is 9.83. The molecule has 1 aliphatic carbocycles. The lowest BCUT2D eigenvalue weighted by Gasteiger charge is -2.25. The van der Waals surface area contributed by atoms with Crippen molar-refractivity contribution in [2.45, 2.75) is 38.5 Å². The molecule has 0 aromatic heterocycles. The largest absolute Gasteiger partial charge is 0.215 e. The quantitative estimate of drug-likeness (QED) is 0.532. The van der Waals surface area contributed by atoms with Crippen molar-refractivity contribution >= 4 is 21.6 Å². The molecule has 3 nitrogen and oxygen atoms in total. The van der Waals surface area contributed by atoms with Gasteiger partial charge in [0.2, 0.25) is 10.0 Å². The van der Waals surface area contributed by atoms with Gasteiger partial charge in [0.1, 0.15) is 0 Å². The van der Waals surface area contributed by atoms with Crippen molar-refractivity contribution in [1.82, 2.24) is 4.72 Å². The van der Waals surface area contributed by atoms with Crippen LogP contribution in [0.1, 0.15) is 38.5 Å². The first-order valence-corrected chi connectivity index (χ1v) is 7.86. The fraction of sp³-hybridized carbons (Fsp3) is 1.00. The Bertz CT molecular complexity index is 263. The van der Waals surface area contributed by atoms with E-state index in [9.17, 15) is 8.42 Å². The summed E-state index contributed by atoms with van der Waals surface area (Å²) < 4.78 is 25.5. The van der Waals surface area contributed by atoms with Crippen molar-refractivity contribution in [3.63, 3.8) is 0 Å². The number of nitrogens with one attached hydrogen (secondary N) is 1. The number of unbranched alkanes of at least 4 members (excludes halogenated alkanes) is 1. The molecule has 1 aliphatic rings. The molecule has 1 rings (SSSR count). The van der Waals surface area contributed by atoms with Crippen LogP contribution in [0.5, 0.6) is 0 Å². The Hall–Kier alpha value is 0.200. The molecule has 0 bridgehead atoms. The molecule has 0 aromatic rings. The van der Waals surface area contributed by atoms with E-state index in [-0.39, 0.29) is 5.75 Å². The van der Waals surface area contributed by atoms with Gasteiger partial charge in [0, 0.05) is 12.4 Å². The monoisotopic (exact) mass is 253 g/mol. The normalized spacial score (nSPS) is 17.7. The van der Waals surface area contributed by atoms with E-state index in [0.29, 0.717) is 18.8 Å². The van der Waals surface area contributed by atoms with Crippen molar-refractivity contribution in [2.24, 2.45) is 5.92 Å². The van der Waals surface area contributed by atoms with Crippen molar-refractivity contribution in [2.75, 3.05) is 18.2 Å². The Balaban J connectivity index is 2.06. The van der Waals surface area contributed by atoms with E-state index in [1.807, 2.05) is 0 Å². The average molecular weight is 254 g/mol. The lowest BCUT2D eigenvalue weighted by Crippen LogP contribution is -2.29. The Kier molecular flexibility index (Phi) is 5.94. The predicted octanol–water partition coefficient (Wildman–Crippen LogP) is 2.12. The van der Waals surface area contributed by atoms with Crippen LogP contribution in [0.4, 0.5) is 0 Å². The number of alkyl halides is 1. The van der Waals surface area contributed by atoms with E-state index < -0.39 is 10.0 Å². The van der Waals surface area contributed by atoms with E-state index in [1.54, 1.807) is 0 Å². The highest BCUT2D eigenvalue weighted by molar-refractivity contribution is 7.89. The second kappa shape index (κ2) is 6.71. The number of halogens is 1. The van der Waals surface area contributed by atoms with Crippen LogP contribution in [0.15, 0.2) is 0 Å². The summed E-state index contributed by atoms with van der Waals surface area (Å²) in [6, 6.07) is 0. The fourth-order valence-corrected chi connectivity index (χ4v) is 3.01. The van der Waals surface area contributed by atoms with Crippen LogP contribution >= 0.6 is 11.6 Å². The summed E-state index contributed by atoms with van der Waals surface area (Å²) >= 11 is 5.49. The van der Waals surface area contributed by atoms with Crippen molar-refractivity contribution in [1.29, 1.82) is 0 Å². The van der Waals surface area contributed by atoms with Crippen LogP contribution in [-0.2, 0) is 10.0 Å². The molecule has 1 saturated carbocycles. The highest BCUT2D eigenvalue weighted by atomic mass is 35.5. The third-order valence-electron chi connectivity index (χ3n) is 2.90. The summed E-state index contributed by atoms with van der Waals surface area (Å²) in [4.78, 5) is 0. The van der Waals surface area contributed by atoms with Gasteiger partial charge < -0.3 is 0 Å². The van der Waals surface area contributed by atoms with Crippen molar-refractivity contribution in [3.05, 3.63) is 0 Å². The molecule has 15 heavy (non-hydrogen) atoms. The standard InChI is InChI=1S/C10H20ClNO2S/c11-7-1-2-9-15(13,14)12-8-6-10-4-3-5-10/h10,12H,1-9H2. The van der Waals surface area contributed by atoms with Crippen LogP contribution in [0.25, 0.3) is 0 Å². The molecular formula is C10H20ClNO2S. The fourth-order valence-electron chi connectivity index (χ4n) is 1.66. The average Bonchev–Trinajstić information content (AvgIpc) is 2.10. The van der Waals surface area contributed by atoms with Crippen LogP contribution in [0, 0.1) is 5.92 Å². The minimum atomic E-state index is -3.04. The molecule has 5 heteroatoms. The van der Waals surface area contributed by atoms with Crippen molar-refractivity contribution < 1.29 is 8.42 Å². The number of rotatable bonds is 8. The van der Waals surface area contributed by atoms with Crippen molar-refractivity contribution in [3.8, 4) is 0 Å². The van der Waals surface area contributed by atoms with Gasteiger partial charge in [0.05, 0.1) is 5.75 Å². The van der Waals surface area contributed by atoms with Gasteiger partial charge in [-0.2, -0.15) is 0 Å². The zero-order valence-electron chi connectivity index (χ0n) is 9.04. The summed E-state index contributed by atoms with van der Waals surface area (Å²) in [6.45, 7) is 0.605. The minimum absolute atomic E-state index is 0.213. The van der Waals surface area contributed by atoms with Gasteiger partial charge in [-0.25, -0.2) is 13.1 Å². The molecule has 90 valence electrons. The summed E-state index contributed by atoms with van der Waals surface area (Å²) in [5, 5.41) is 0. The zero-order chi connectivity index (χ0) is 11.1. The van der Waals surface area contributed by atoms with Gasteiger partial charge in [-0.05, 0) is 25.2 Å². The third kappa shape index (κ3) is 5.73. The topological polar surface area (TPSA) is 46.2 Å². The Morgan fingerprint density at radius 3 is 2.53 bits per heavy atom. The molecule has 0 spiro atoms. The molecule has 0 saturated heterocycles. The van der Waals surface area contributed by atoms with E-state index in [1.165, 1.54) is 19.3 Å². The molecule has 0 atom stereocenters. The second-order valence-corrected chi connectivity index (χ2v) is 6.50. The van der Waals surface area contributed by atoms with Gasteiger partial charge >= 0.3 is 0 Å². The Morgan fingerprint density at radius 1 is 1.27 bits per heavy atom. The molecule has 0 radical (unpaired) electrons. The number of sulfonamides is 1. The second-order valence-electron chi connectivity index (χ2n) is 4.19. The summed E-state index contributed by atoms with van der Waals surface area (Å²) in [7, 11) is -3.04. The molecule has 1 fully saturated rings.